The fraction of sp³-hybridized carbons (Fsp3) is 0.435. The van der Waals surface area contributed by atoms with E-state index in [1.165, 1.54) is 0 Å². The smallest absolute Gasteiger partial charge is 0.338 e. The average Bonchev–Trinajstić information content (AvgIpc) is 2.69. The molecule has 1 aromatic rings. The molecule has 0 aromatic heterocycles. The van der Waals surface area contributed by atoms with Crippen molar-refractivity contribution in [1.82, 2.24) is 5.32 Å². The van der Waals surface area contributed by atoms with Gasteiger partial charge in [0, 0.05) is 13.0 Å². The summed E-state index contributed by atoms with van der Waals surface area (Å²) in [7, 11) is 0. The number of oxime groups is 1. The SMILES string of the molecule is Cc1cc(C)c2c(c1)CC(=N\OCC(=O)NCCO)/C=C/CC/C=C/CCOC2=O. The first-order chi connectivity index (χ1) is 14.5. The molecular formula is C23H30N2O5. The van der Waals surface area contributed by atoms with Gasteiger partial charge in [-0.25, -0.2) is 4.79 Å². The Kier molecular flexibility index (Phi) is 9.80. The largest absolute Gasteiger partial charge is 0.462 e. The summed E-state index contributed by atoms with van der Waals surface area (Å²) in [5.74, 6) is -0.709. The summed E-state index contributed by atoms with van der Waals surface area (Å²) in [5, 5.41) is 15.4. The van der Waals surface area contributed by atoms with Gasteiger partial charge in [0.05, 0.1) is 24.5 Å². The standard InChI is InChI=1S/C23H30N2O5/c1-17-13-18(2)22-19(14-17)15-20(25-30-16-21(27)24-10-11-26)9-7-5-3-4-6-8-12-29-23(22)28/h4,6-7,9,13-14,26H,3,5,8,10-12,15-16H2,1-2H3,(H,24,27)/b6-4+,9-7+,25-20-. The summed E-state index contributed by atoms with van der Waals surface area (Å²) < 4.78 is 5.47. The van der Waals surface area contributed by atoms with E-state index in [1.807, 2.05) is 44.2 Å². The van der Waals surface area contributed by atoms with Gasteiger partial charge < -0.3 is 20.0 Å². The third kappa shape index (κ3) is 7.83. The number of hydrogen-bond acceptors (Lipinski definition) is 6. The van der Waals surface area contributed by atoms with Crippen LogP contribution in [0.1, 0.15) is 46.3 Å². The van der Waals surface area contributed by atoms with Crippen molar-refractivity contribution in [3.05, 3.63) is 58.7 Å². The van der Waals surface area contributed by atoms with E-state index in [-0.39, 0.29) is 31.6 Å². The van der Waals surface area contributed by atoms with Gasteiger partial charge in [-0.05, 0) is 50.3 Å². The van der Waals surface area contributed by atoms with E-state index in [4.69, 9.17) is 14.7 Å². The van der Waals surface area contributed by atoms with Gasteiger partial charge in [-0.15, -0.1) is 0 Å². The Morgan fingerprint density at radius 3 is 2.77 bits per heavy atom. The van der Waals surface area contributed by atoms with Gasteiger partial charge in [-0.1, -0.05) is 41.1 Å². The maximum Gasteiger partial charge on any atom is 0.338 e. The highest BCUT2D eigenvalue weighted by molar-refractivity contribution is 5.99. The van der Waals surface area contributed by atoms with E-state index >= 15 is 0 Å². The molecule has 0 saturated carbocycles. The molecule has 0 bridgehead atoms. The van der Waals surface area contributed by atoms with E-state index in [2.05, 4.69) is 16.5 Å². The van der Waals surface area contributed by atoms with Crippen LogP contribution in [0.25, 0.3) is 0 Å². The predicted molar refractivity (Wildman–Crippen MR) is 116 cm³/mol. The first-order valence-corrected chi connectivity index (χ1v) is 10.2. The molecule has 7 heteroatoms. The third-order valence-corrected chi connectivity index (χ3v) is 4.44. The van der Waals surface area contributed by atoms with Crippen LogP contribution in [0.3, 0.4) is 0 Å². The second-order valence-corrected chi connectivity index (χ2v) is 7.10. The molecule has 0 radical (unpaired) electrons. The van der Waals surface area contributed by atoms with Crippen molar-refractivity contribution in [2.45, 2.75) is 39.5 Å². The second-order valence-electron chi connectivity index (χ2n) is 7.10. The lowest BCUT2D eigenvalue weighted by atomic mass is 9.95. The lowest BCUT2D eigenvalue weighted by Gasteiger charge is -2.14. The molecule has 1 heterocycles. The molecule has 0 unspecified atom stereocenters. The van der Waals surface area contributed by atoms with Crippen molar-refractivity contribution in [2.24, 2.45) is 5.16 Å². The fourth-order valence-corrected chi connectivity index (χ4v) is 3.16. The highest BCUT2D eigenvalue weighted by atomic mass is 16.6. The summed E-state index contributed by atoms with van der Waals surface area (Å²) in [6.45, 7) is 3.99. The first-order valence-electron chi connectivity index (χ1n) is 10.2. The van der Waals surface area contributed by atoms with Gasteiger partial charge in [0.15, 0.2) is 6.61 Å². The molecule has 0 spiro atoms. The molecule has 0 saturated heterocycles. The molecule has 1 aromatic carbocycles. The first kappa shape index (κ1) is 23.3. The number of nitrogens with one attached hydrogen (secondary N) is 1. The third-order valence-electron chi connectivity index (χ3n) is 4.44. The minimum Gasteiger partial charge on any atom is -0.462 e. The monoisotopic (exact) mass is 414 g/mol. The molecule has 1 amide bonds. The van der Waals surface area contributed by atoms with Crippen LogP contribution in [0.4, 0.5) is 0 Å². The zero-order valence-corrected chi connectivity index (χ0v) is 17.6. The quantitative estimate of drug-likeness (QED) is 0.439. The van der Waals surface area contributed by atoms with Crippen molar-refractivity contribution in [1.29, 1.82) is 0 Å². The summed E-state index contributed by atoms with van der Waals surface area (Å²) in [5.41, 5.74) is 3.84. The highest BCUT2D eigenvalue weighted by Gasteiger charge is 2.18. The predicted octanol–water partition coefficient (Wildman–Crippen LogP) is 2.78. The number of hydrogen-bond donors (Lipinski definition) is 2. The Hall–Kier alpha value is -2.93. The van der Waals surface area contributed by atoms with Crippen molar-refractivity contribution in [2.75, 3.05) is 26.4 Å². The Morgan fingerprint density at radius 2 is 1.97 bits per heavy atom. The number of ether oxygens (including phenoxy) is 1. The van der Waals surface area contributed by atoms with Crippen LogP contribution in [-0.4, -0.2) is 49.1 Å². The number of cyclic esters (lactones) is 1. The summed E-state index contributed by atoms with van der Waals surface area (Å²) >= 11 is 0. The van der Waals surface area contributed by atoms with E-state index in [1.54, 1.807) is 0 Å². The summed E-state index contributed by atoms with van der Waals surface area (Å²) in [6.07, 6.45) is 10.7. The number of carbonyl (C=O) groups excluding carboxylic acids is 2. The minimum atomic E-state index is -0.362. The molecule has 0 aliphatic carbocycles. The van der Waals surface area contributed by atoms with Gasteiger partial charge in [0.25, 0.3) is 5.91 Å². The van der Waals surface area contributed by atoms with Crippen LogP contribution in [-0.2, 0) is 20.8 Å². The Morgan fingerprint density at radius 1 is 1.20 bits per heavy atom. The van der Waals surface area contributed by atoms with Gasteiger partial charge in [0.1, 0.15) is 0 Å². The van der Waals surface area contributed by atoms with Crippen molar-refractivity contribution in [3.63, 3.8) is 0 Å². The van der Waals surface area contributed by atoms with E-state index < -0.39 is 0 Å². The second kappa shape index (κ2) is 12.6. The minimum absolute atomic E-state index is 0.136. The molecule has 162 valence electrons. The van der Waals surface area contributed by atoms with Crippen LogP contribution in [0.5, 0.6) is 0 Å². The fourth-order valence-electron chi connectivity index (χ4n) is 3.16. The Balaban J connectivity index is 2.28. The zero-order valence-electron chi connectivity index (χ0n) is 17.6. The molecule has 0 fully saturated rings. The number of aliphatic hydroxyl groups excluding tert-OH is 1. The van der Waals surface area contributed by atoms with Crippen LogP contribution in [0.2, 0.25) is 0 Å². The number of fused-ring (bicyclic) bond motifs is 1. The zero-order chi connectivity index (χ0) is 21.8. The molecule has 7 nitrogen and oxygen atoms in total. The lowest BCUT2D eigenvalue weighted by Crippen LogP contribution is -2.29. The van der Waals surface area contributed by atoms with E-state index in [9.17, 15) is 9.59 Å². The van der Waals surface area contributed by atoms with Crippen molar-refractivity contribution >= 4 is 17.6 Å². The number of aryl methyl sites for hydroxylation is 2. The van der Waals surface area contributed by atoms with Gasteiger partial charge in [0.2, 0.25) is 0 Å². The lowest BCUT2D eigenvalue weighted by molar-refractivity contribution is -0.125. The number of amides is 1. The maximum atomic E-state index is 12.7. The number of carbonyl (C=O) groups is 2. The number of aliphatic hydroxyl groups is 1. The number of esters is 1. The van der Waals surface area contributed by atoms with E-state index in [0.717, 1.165) is 29.5 Å². The van der Waals surface area contributed by atoms with E-state index in [0.29, 0.717) is 30.7 Å². The Labute approximate surface area is 177 Å². The number of benzene rings is 1. The molecule has 1 aliphatic heterocycles. The normalized spacial score (nSPS) is 18.6. The number of allylic oxidation sites excluding steroid dienone is 3. The van der Waals surface area contributed by atoms with Crippen LogP contribution in [0.15, 0.2) is 41.6 Å². The van der Waals surface area contributed by atoms with Crippen molar-refractivity contribution < 1.29 is 24.3 Å². The molecule has 2 rings (SSSR count). The summed E-state index contributed by atoms with van der Waals surface area (Å²) in [6, 6.07) is 3.91. The molecule has 1 aliphatic rings. The molecule has 2 N–H and O–H groups in total. The van der Waals surface area contributed by atoms with Crippen LogP contribution < -0.4 is 5.32 Å². The summed E-state index contributed by atoms with van der Waals surface area (Å²) in [4.78, 5) is 29.6. The molecular weight excluding hydrogens is 384 g/mol. The van der Waals surface area contributed by atoms with Crippen LogP contribution in [0, 0.1) is 13.8 Å². The number of nitrogens with zero attached hydrogens (tertiary/aromatic N) is 1. The number of rotatable bonds is 5. The molecule has 30 heavy (non-hydrogen) atoms. The Bertz CT molecular complexity index is 827. The van der Waals surface area contributed by atoms with Gasteiger partial charge in [-0.3, -0.25) is 4.79 Å². The average molecular weight is 415 g/mol. The topological polar surface area (TPSA) is 97.2 Å². The van der Waals surface area contributed by atoms with Crippen LogP contribution >= 0.6 is 0 Å². The van der Waals surface area contributed by atoms with Gasteiger partial charge in [-0.2, -0.15) is 0 Å². The van der Waals surface area contributed by atoms with Crippen molar-refractivity contribution in [3.8, 4) is 0 Å². The van der Waals surface area contributed by atoms with Gasteiger partial charge >= 0.3 is 5.97 Å². The maximum absolute atomic E-state index is 12.7. The molecule has 0 atom stereocenters. The highest BCUT2D eigenvalue weighted by Crippen LogP contribution is 2.20.